The Balaban J connectivity index is 2.22. The van der Waals surface area contributed by atoms with Crippen LogP contribution in [0.1, 0.15) is 46.0 Å². The molecule has 2 aliphatic rings. The molecule has 1 aromatic carbocycles. The van der Waals surface area contributed by atoms with Crippen molar-refractivity contribution in [2.45, 2.75) is 37.8 Å². The number of likely N-dealkylation sites (N-methyl/N-ethyl adjacent to an activating group) is 1. The summed E-state index contributed by atoms with van der Waals surface area (Å²) in [5.41, 5.74) is 8.04. The Morgan fingerprint density at radius 3 is 2.38 bits per heavy atom. The fourth-order valence-corrected chi connectivity index (χ4v) is 5.47. The first-order valence-corrected chi connectivity index (χ1v) is 10.8. The molecule has 34 heavy (non-hydrogen) atoms. The van der Waals surface area contributed by atoms with Crippen LogP contribution in [0.3, 0.4) is 0 Å². The molecule has 1 saturated carbocycles. The standard InChI is InChI=1S/C23H29N3O8/c1-9(28)11-6-14(24)20(31)19-12(11)4-10-5-13(15(8-27)26(2)3)23(34,16(29)7-17(25)30)22(33)18(10)21(19)32/h6,10,13,15,18,27,31,34H,4-5,7-8,24H2,1-3H3,(H2,25,30)/t10-,13-,15+,18?,23+/m0/s1. The van der Waals surface area contributed by atoms with E-state index in [9.17, 15) is 39.3 Å². The Labute approximate surface area is 195 Å². The number of benzene rings is 1. The van der Waals surface area contributed by atoms with Gasteiger partial charge in [0.15, 0.2) is 28.7 Å². The number of aliphatic hydroxyl groups excluding tert-OH is 1. The first kappa shape index (κ1) is 25.5. The SMILES string of the molecule is CC(=O)c1cc(N)c(O)c2c1C[C@H]1C[C@@H]([C@@H](CO)N(C)C)[C@@](O)(C(=O)CC(N)=O)C(=O)C1C2=O. The van der Waals surface area contributed by atoms with Crippen LogP contribution in [0.15, 0.2) is 6.07 Å². The highest BCUT2D eigenvalue weighted by atomic mass is 16.3. The summed E-state index contributed by atoms with van der Waals surface area (Å²) in [7, 11) is 3.18. The van der Waals surface area contributed by atoms with Crippen molar-refractivity contribution in [1.82, 2.24) is 4.90 Å². The maximum absolute atomic E-state index is 13.7. The number of aliphatic hydroxyl groups is 2. The summed E-state index contributed by atoms with van der Waals surface area (Å²) in [6.45, 7) is 0.765. The molecule has 5 atom stereocenters. The minimum absolute atomic E-state index is 0.0302. The Morgan fingerprint density at radius 1 is 1.26 bits per heavy atom. The van der Waals surface area contributed by atoms with Gasteiger partial charge in [0.25, 0.3) is 0 Å². The van der Waals surface area contributed by atoms with Crippen LogP contribution in [0.25, 0.3) is 0 Å². The van der Waals surface area contributed by atoms with Gasteiger partial charge >= 0.3 is 0 Å². The average Bonchev–Trinajstić information content (AvgIpc) is 2.73. The number of hydrogen-bond donors (Lipinski definition) is 5. The number of Topliss-reactive ketones (excluding diaryl/α,β-unsaturated/α-hetero) is 4. The Kier molecular flexibility index (Phi) is 6.66. The fourth-order valence-electron chi connectivity index (χ4n) is 5.47. The number of fused-ring (bicyclic) bond motifs is 2. The van der Waals surface area contributed by atoms with Crippen molar-refractivity contribution in [1.29, 1.82) is 0 Å². The molecule has 3 rings (SSSR count). The zero-order chi connectivity index (χ0) is 25.7. The first-order valence-electron chi connectivity index (χ1n) is 10.8. The number of nitrogens with zero attached hydrogens (tertiary/aromatic N) is 1. The second kappa shape index (κ2) is 8.90. The molecule has 2 aliphatic carbocycles. The number of anilines is 1. The number of phenols is 1. The van der Waals surface area contributed by atoms with Crippen molar-refractivity contribution in [3.63, 3.8) is 0 Å². The number of rotatable bonds is 7. The fraction of sp³-hybridized carbons (Fsp3) is 0.522. The van der Waals surface area contributed by atoms with Gasteiger partial charge in [-0.15, -0.1) is 0 Å². The van der Waals surface area contributed by atoms with E-state index in [0.29, 0.717) is 0 Å². The van der Waals surface area contributed by atoms with Crippen LogP contribution in [-0.2, 0) is 20.8 Å². The number of amides is 1. The molecule has 184 valence electrons. The number of ketones is 4. The van der Waals surface area contributed by atoms with Gasteiger partial charge in [-0.1, -0.05) is 0 Å². The van der Waals surface area contributed by atoms with Crippen molar-refractivity contribution >= 4 is 34.7 Å². The summed E-state index contributed by atoms with van der Waals surface area (Å²) in [6, 6.07) is 0.408. The van der Waals surface area contributed by atoms with Gasteiger partial charge in [0, 0.05) is 17.5 Å². The number of phenolic OH excluding ortho intramolecular Hbond substituents is 1. The van der Waals surface area contributed by atoms with Gasteiger partial charge in [-0.2, -0.15) is 0 Å². The van der Waals surface area contributed by atoms with Crippen molar-refractivity contribution in [2.24, 2.45) is 23.5 Å². The van der Waals surface area contributed by atoms with E-state index in [4.69, 9.17) is 11.5 Å². The predicted molar refractivity (Wildman–Crippen MR) is 119 cm³/mol. The van der Waals surface area contributed by atoms with Gasteiger partial charge in [-0.05, 0) is 51.4 Å². The Hall–Kier alpha value is -3.15. The molecule has 11 heteroatoms. The van der Waals surface area contributed by atoms with Crippen LogP contribution >= 0.6 is 0 Å². The highest BCUT2D eigenvalue weighted by Gasteiger charge is 2.62. The molecule has 0 bridgehead atoms. The molecule has 0 aliphatic heterocycles. The zero-order valence-electron chi connectivity index (χ0n) is 19.2. The molecule has 1 aromatic rings. The maximum Gasteiger partial charge on any atom is 0.225 e. The summed E-state index contributed by atoms with van der Waals surface area (Å²) in [5, 5.41) is 32.0. The molecule has 7 N–H and O–H groups in total. The lowest BCUT2D eigenvalue weighted by Gasteiger charge is -2.49. The molecule has 0 heterocycles. The van der Waals surface area contributed by atoms with Gasteiger partial charge in [0.05, 0.1) is 30.2 Å². The molecular weight excluding hydrogens is 446 g/mol. The van der Waals surface area contributed by atoms with Crippen LogP contribution in [0.5, 0.6) is 5.75 Å². The van der Waals surface area contributed by atoms with Gasteiger partial charge in [-0.25, -0.2) is 0 Å². The number of primary amides is 1. The molecular formula is C23H29N3O8. The van der Waals surface area contributed by atoms with E-state index < -0.39 is 71.4 Å². The van der Waals surface area contributed by atoms with E-state index in [1.165, 1.54) is 17.9 Å². The van der Waals surface area contributed by atoms with Crippen LogP contribution in [-0.4, -0.2) is 81.6 Å². The van der Waals surface area contributed by atoms with E-state index >= 15 is 0 Å². The molecule has 1 fully saturated rings. The van der Waals surface area contributed by atoms with E-state index in [1.807, 2.05) is 0 Å². The second-order valence-corrected chi connectivity index (χ2v) is 9.33. The van der Waals surface area contributed by atoms with Crippen molar-refractivity contribution in [3.05, 3.63) is 22.8 Å². The summed E-state index contributed by atoms with van der Waals surface area (Å²) < 4.78 is 0. The summed E-state index contributed by atoms with van der Waals surface area (Å²) in [6.07, 6.45) is -0.948. The number of carbonyl (C=O) groups excluding carboxylic acids is 5. The molecule has 0 radical (unpaired) electrons. The highest BCUT2D eigenvalue weighted by molar-refractivity contribution is 6.25. The topological polar surface area (TPSA) is 201 Å². The summed E-state index contributed by atoms with van der Waals surface area (Å²) in [4.78, 5) is 65.4. The van der Waals surface area contributed by atoms with E-state index in [0.717, 1.165) is 0 Å². The maximum atomic E-state index is 13.7. The highest BCUT2D eigenvalue weighted by Crippen LogP contribution is 2.49. The van der Waals surface area contributed by atoms with Gasteiger partial charge in [-0.3, -0.25) is 24.0 Å². The quantitative estimate of drug-likeness (QED) is 0.138. The predicted octanol–water partition coefficient (Wildman–Crippen LogP) is -1.16. The molecule has 1 unspecified atom stereocenters. The third kappa shape index (κ3) is 3.79. The monoisotopic (exact) mass is 475 g/mol. The zero-order valence-corrected chi connectivity index (χ0v) is 19.2. The van der Waals surface area contributed by atoms with Crippen molar-refractivity contribution in [2.75, 3.05) is 26.4 Å². The number of hydrogen-bond acceptors (Lipinski definition) is 10. The third-order valence-corrected chi connectivity index (χ3v) is 7.11. The molecule has 1 amide bonds. The Bertz CT molecular complexity index is 1100. The average molecular weight is 475 g/mol. The van der Waals surface area contributed by atoms with Gasteiger partial charge in [0.1, 0.15) is 5.75 Å². The largest absolute Gasteiger partial charge is 0.505 e. The minimum Gasteiger partial charge on any atom is -0.505 e. The first-order chi connectivity index (χ1) is 15.8. The summed E-state index contributed by atoms with van der Waals surface area (Å²) >= 11 is 0. The van der Waals surface area contributed by atoms with E-state index in [1.54, 1.807) is 14.1 Å². The lowest BCUT2D eigenvalue weighted by Crippen LogP contribution is -2.67. The van der Waals surface area contributed by atoms with Gasteiger partial charge < -0.3 is 31.7 Å². The van der Waals surface area contributed by atoms with E-state index in [2.05, 4.69) is 0 Å². The van der Waals surface area contributed by atoms with Crippen LogP contribution in [0, 0.1) is 17.8 Å². The van der Waals surface area contributed by atoms with Gasteiger partial charge in [0.2, 0.25) is 5.91 Å². The second-order valence-electron chi connectivity index (χ2n) is 9.33. The molecule has 11 nitrogen and oxygen atoms in total. The van der Waals surface area contributed by atoms with Crippen LogP contribution < -0.4 is 11.5 Å². The lowest BCUT2D eigenvalue weighted by molar-refractivity contribution is -0.171. The summed E-state index contributed by atoms with van der Waals surface area (Å²) in [5.74, 6) is -8.57. The number of carbonyl (C=O) groups is 5. The number of aromatic hydroxyl groups is 1. The normalized spacial score (nSPS) is 27.2. The number of nitrogens with two attached hydrogens (primary N) is 2. The van der Waals surface area contributed by atoms with Crippen molar-refractivity contribution < 1.29 is 39.3 Å². The van der Waals surface area contributed by atoms with Crippen LogP contribution in [0.2, 0.25) is 0 Å². The third-order valence-electron chi connectivity index (χ3n) is 7.11. The minimum atomic E-state index is -2.76. The van der Waals surface area contributed by atoms with Crippen LogP contribution in [0.4, 0.5) is 5.69 Å². The molecule has 0 aromatic heterocycles. The smallest absolute Gasteiger partial charge is 0.225 e. The molecule has 0 saturated heterocycles. The lowest BCUT2D eigenvalue weighted by atomic mass is 9.56. The van der Waals surface area contributed by atoms with E-state index in [-0.39, 0.29) is 41.0 Å². The van der Waals surface area contributed by atoms with Crippen molar-refractivity contribution in [3.8, 4) is 5.75 Å². The Morgan fingerprint density at radius 2 is 1.88 bits per heavy atom. The number of nitrogen functional groups attached to an aromatic ring is 1. The molecule has 0 spiro atoms.